The van der Waals surface area contributed by atoms with Gasteiger partial charge in [-0.15, -0.1) is 0 Å². The molecule has 1 unspecified atom stereocenters. The van der Waals surface area contributed by atoms with Crippen molar-refractivity contribution in [3.05, 3.63) is 86.5 Å². The average Bonchev–Trinajstić information content (AvgIpc) is 3.39. The molecule has 0 spiro atoms. The Bertz CT molecular complexity index is 1150. The van der Waals surface area contributed by atoms with Crippen LogP contribution < -0.4 is 5.56 Å². The van der Waals surface area contributed by atoms with Gasteiger partial charge in [0.05, 0.1) is 6.54 Å². The summed E-state index contributed by atoms with van der Waals surface area (Å²) in [6.07, 6.45) is 2.94. The van der Waals surface area contributed by atoms with E-state index in [4.69, 9.17) is 9.15 Å². The number of nitrogens with zero attached hydrogens (tertiary/aromatic N) is 2. The van der Waals surface area contributed by atoms with Crippen molar-refractivity contribution in [2.45, 2.75) is 38.3 Å². The van der Waals surface area contributed by atoms with E-state index in [0.29, 0.717) is 25.4 Å². The van der Waals surface area contributed by atoms with Gasteiger partial charge >= 0.3 is 0 Å². The van der Waals surface area contributed by atoms with E-state index >= 15 is 0 Å². The molecular formula is C23H23N3O4. The number of hydrogen-bond donors (Lipinski definition) is 1. The number of aryl methyl sites for hydroxylation is 2. The number of ether oxygens (including phenoxy) is 1. The van der Waals surface area contributed by atoms with Crippen LogP contribution in [0.1, 0.15) is 57.0 Å². The van der Waals surface area contributed by atoms with Crippen LogP contribution in [-0.4, -0.2) is 34.4 Å². The van der Waals surface area contributed by atoms with Crippen LogP contribution in [0, 0.1) is 0 Å². The zero-order chi connectivity index (χ0) is 20.7. The maximum absolute atomic E-state index is 13.1. The molecule has 3 heterocycles. The number of H-pyrrole nitrogens is 1. The maximum atomic E-state index is 13.1. The van der Waals surface area contributed by atoms with Crippen LogP contribution in [0.2, 0.25) is 0 Å². The second kappa shape index (κ2) is 7.57. The number of amides is 1. The van der Waals surface area contributed by atoms with E-state index in [-0.39, 0.29) is 17.0 Å². The Kier molecular flexibility index (Phi) is 4.75. The van der Waals surface area contributed by atoms with Gasteiger partial charge in [0.25, 0.3) is 11.5 Å². The monoisotopic (exact) mass is 405 g/mol. The second-order valence-electron chi connectivity index (χ2n) is 7.79. The van der Waals surface area contributed by atoms with Crippen molar-refractivity contribution in [2.24, 2.45) is 0 Å². The number of carbonyl (C=O) groups is 1. The Morgan fingerprint density at radius 1 is 1.23 bits per heavy atom. The first-order valence-electron chi connectivity index (χ1n) is 10.2. The predicted octanol–water partition coefficient (Wildman–Crippen LogP) is 2.79. The molecule has 1 aliphatic carbocycles. The van der Waals surface area contributed by atoms with E-state index in [1.165, 1.54) is 0 Å². The lowest BCUT2D eigenvalue weighted by atomic mass is 10.1. The molecule has 0 saturated carbocycles. The summed E-state index contributed by atoms with van der Waals surface area (Å²) < 4.78 is 11.6. The lowest BCUT2D eigenvalue weighted by Gasteiger charge is -2.25. The van der Waals surface area contributed by atoms with E-state index in [1.54, 1.807) is 18.1 Å². The second-order valence-corrected chi connectivity index (χ2v) is 7.79. The highest BCUT2D eigenvalue weighted by molar-refractivity contribution is 5.94. The molecule has 0 fully saturated rings. The fourth-order valence-corrected chi connectivity index (χ4v) is 4.35. The van der Waals surface area contributed by atoms with Crippen LogP contribution >= 0.6 is 0 Å². The molecule has 5 rings (SSSR count). The van der Waals surface area contributed by atoms with Gasteiger partial charge in [-0.2, -0.15) is 0 Å². The molecule has 7 nitrogen and oxygen atoms in total. The number of aromatic nitrogens is 2. The maximum Gasteiger partial charge on any atom is 0.261 e. The van der Waals surface area contributed by atoms with Crippen molar-refractivity contribution in [1.82, 2.24) is 14.9 Å². The Morgan fingerprint density at radius 3 is 2.87 bits per heavy atom. The third-order valence-corrected chi connectivity index (χ3v) is 5.91. The van der Waals surface area contributed by atoms with Gasteiger partial charge < -0.3 is 19.0 Å². The van der Waals surface area contributed by atoms with Crippen LogP contribution in [0.5, 0.6) is 0 Å². The average molecular weight is 405 g/mol. The minimum atomic E-state index is -0.402. The van der Waals surface area contributed by atoms with Gasteiger partial charge in [0.1, 0.15) is 17.0 Å². The first-order valence-corrected chi connectivity index (χ1v) is 10.2. The van der Waals surface area contributed by atoms with Gasteiger partial charge in [-0.3, -0.25) is 9.59 Å². The standard InChI is InChI=1S/C23H23N3O4/c1-29-20(14-6-3-2-4-7-14)22-25-18-13-26(11-10-19(18)30-22)23(28)16-12-15-8-5-9-17(15)24-21(16)27/h2-4,6-7,12,20H,5,8-11,13H2,1H3,(H,24,27). The zero-order valence-corrected chi connectivity index (χ0v) is 16.8. The normalized spacial score (nSPS) is 16.2. The molecule has 0 saturated heterocycles. The molecule has 2 aromatic heterocycles. The summed E-state index contributed by atoms with van der Waals surface area (Å²) in [5.41, 5.74) is 3.62. The number of fused-ring (bicyclic) bond motifs is 2. The summed E-state index contributed by atoms with van der Waals surface area (Å²) in [4.78, 5) is 34.7. The van der Waals surface area contributed by atoms with Gasteiger partial charge in [0.15, 0.2) is 6.10 Å². The molecule has 1 N–H and O–H groups in total. The lowest BCUT2D eigenvalue weighted by molar-refractivity contribution is 0.0725. The van der Waals surface area contributed by atoms with Gasteiger partial charge in [-0.05, 0) is 36.5 Å². The number of pyridine rings is 1. The summed E-state index contributed by atoms with van der Waals surface area (Å²) >= 11 is 0. The van der Waals surface area contributed by atoms with E-state index in [1.807, 2.05) is 30.3 Å². The largest absolute Gasteiger partial charge is 0.442 e. The van der Waals surface area contributed by atoms with Crippen LogP contribution in [0.3, 0.4) is 0 Å². The Hall–Kier alpha value is -3.19. The lowest BCUT2D eigenvalue weighted by Crippen LogP contribution is -2.38. The number of carbonyl (C=O) groups excluding carboxylic acids is 1. The van der Waals surface area contributed by atoms with Crippen molar-refractivity contribution in [2.75, 3.05) is 13.7 Å². The summed E-state index contributed by atoms with van der Waals surface area (Å²) in [6, 6.07) is 11.5. The van der Waals surface area contributed by atoms with Crippen LogP contribution in [0.4, 0.5) is 0 Å². The van der Waals surface area contributed by atoms with E-state index in [2.05, 4.69) is 9.97 Å². The molecule has 1 aromatic carbocycles. The van der Waals surface area contributed by atoms with Crippen molar-refractivity contribution in [1.29, 1.82) is 0 Å². The molecule has 2 aliphatic rings. The van der Waals surface area contributed by atoms with Gasteiger partial charge in [0, 0.05) is 25.8 Å². The number of hydrogen-bond acceptors (Lipinski definition) is 5. The fourth-order valence-electron chi connectivity index (χ4n) is 4.35. The van der Waals surface area contributed by atoms with Crippen molar-refractivity contribution < 1.29 is 13.9 Å². The summed E-state index contributed by atoms with van der Waals surface area (Å²) in [7, 11) is 1.62. The van der Waals surface area contributed by atoms with Crippen LogP contribution in [0.15, 0.2) is 45.6 Å². The molecule has 7 heteroatoms. The number of methoxy groups -OCH3 is 1. The van der Waals surface area contributed by atoms with Crippen molar-refractivity contribution in [3.8, 4) is 0 Å². The molecule has 1 amide bonds. The highest BCUT2D eigenvalue weighted by atomic mass is 16.5. The SMILES string of the molecule is COC(c1ccccc1)c1nc2c(o1)CCN(C(=O)c1cc3c([nH]c1=O)CCC3)C2. The molecule has 3 aromatic rings. The Morgan fingerprint density at radius 2 is 2.07 bits per heavy atom. The Labute approximate surface area is 173 Å². The van der Waals surface area contributed by atoms with Crippen LogP contribution in [-0.2, 0) is 30.5 Å². The third-order valence-electron chi connectivity index (χ3n) is 5.91. The molecule has 154 valence electrons. The minimum Gasteiger partial charge on any atom is -0.442 e. The van der Waals surface area contributed by atoms with Crippen LogP contribution in [0.25, 0.3) is 0 Å². The topological polar surface area (TPSA) is 88.4 Å². The molecular weight excluding hydrogens is 382 g/mol. The number of nitrogens with one attached hydrogen (secondary N) is 1. The van der Waals surface area contributed by atoms with E-state index < -0.39 is 6.10 Å². The quantitative estimate of drug-likeness (QED) is 0.721. The summed E-state index contributed by atoms with van der Waals surface area (Å²) in [6.45, 7) is 0.805. The first-order chi connectivity index (χ1) is 14.6. The highest BCUT2D eigenvalue weighted by Crippen LogP contribution is 2.29. The molecule has 1 atom stereocenters. The molecule has 1 aliphatic heterocycles. The zero-order valence-electron chi connectivity index (χ0n) is 16.8. The fraction of sp³-hybridized carbons (Fsp3) is 0.348. The Balaban J connectivity index is 1.39. The number of rotatable bonds is 4. The van der Waals surface area contributed by atoms with Crippen molar-refractivity contribution >= 4 is 5.91 Å². The van der Waals surface area contributed by atoms with Gasteiger partial charge in [0.2, 0.25) is 5.89 Å². The summed E-state index contributed by atoms with van der Waals surface area (Å²) in [5, 5.41) is 0. The minimum absolute atomic E-state index is 0.210. The molecule has 30 heavy (non-hydrogen) atoms. The molecule has 0 radical (unpaired) electrons. The number of aromatic amines is 1. The van der Waals surface area contributed by atoms with Crippen molar-refractivity contribution in [3.63, 3.8) is 0 Å². The van der Waals surface area contributed by atoms with Gasteiger partial charge in [-0.1, -0.05) is 30.3 Å². The summed E-state index contributed by atoms with van der Waals surface area (Å²) in [5.74, 6) is 1.00. The van der Waals surface area contributed by atoms with Gasteiger partial charge in [-0.25, -0.2) is 4.98 Å². The number of benzene rings is 1. The third kappa shape index (κ3) is 3.25. The highest BCUT2D eigenvalue weighted by Gasteiger charge is 2.30. The first kappa shape index (κ1) is 18.8. The number of oxazole rings is 1. The van der Waals surface area contributed by atoms with E-state index in [0.717, 1.165) is 47.5 Å². The van der Waals surface area contributed by atoms with E-state index in [9.17, 15) is 9.59 Å². The molecule has 0 bridgehead atoms. The smallest absolute Gasteiger partial charge is 0.261 e. The predicted molar refractivity (Wildman–Crippen MR) is 109 cm³/mol.